The van der Waals surface area contributed by atoms with E-state index in [4.69, 9.17) is 14.2 Å². The lowest BCUT2D eigenvalue weighted by molar-refractivity contribution is -0.120. The van der Waals surface area contributed by atoms with E-state index in [-0.39, 0.29) is 40.3 Å². The molecule has 0 unspecified atom stereocenters. The predicted octanol–water partition coefficient (Wildman–Crippen LogP) is 3.68. The van der Waals surface area contributed by atoms with Crippen LogP contribution in [0.3, 0.4) is 0 Å². The Morgan fingerprint density at radius 3 is 2.59 bits per heavy atom. The van der Waals surface area contributed by atoms with Crippen LogP contribution in [0.1, 0.15) is 63.7 Å². The van der Waals surface area contributed by atoms with Crippen LogP contribution in [0.5, 0.6) is 11.5 Å². The molecule has 6 heteroatoms. The number of esters is 1. The minimum Gasteiger partial charge on any atom is -0.504 e. The van der Waals surface area contributed by atoms with Gasteiger partial charge in [0.1, 0.15) is 6.10 Å². The first-order chi connectivity index (χ1) is 13.5. The summed E-state index contributed by atoms with van der Waals surface area (Å²) in [5.74, 6) is -0.404. The number of hydrogen-bond donors (Lipinski definition) is 2. The van der Waals surface area contributed by atoms with Crippen molar-refractivity contribution in [1.82, 2.24) is 0 Å². The maximum atomic E-state index is 13.0. The number of fused-ring (bicyclic) bond motifs is 2. The number of phenols is 1. The van der Waals surface area contributed by atoms with Crippen LogP contribution < -0.4 is 4.74 Å². The zero-order valence-corrected chi connectivity index (χ0v) is 17.9. The molecule has 3 aliphatic rings. The maximum Gasteiger partial charge on any atom is 0.338 e. The van der Waals surface area contributed by atoms with E-state index in [1.807, 2.05) is 13.8 Å². The van der Waals surface area contributed by atoms with E-state index < -0.39 is 17.7 Å². The fourth-order valence-electron chi connectivity index (χ4n) is 5.85. The summed E-state index contributed by atoms with van der Waals surface area (Å²) in [4.78, 5) is 13.0. The number of phenolic OH excluding ortho intramolecular Hbond substituents is 1. The fraction of sp³-hybridized carbons (Fsp3) is 0.696. The number of aromatic hydroxyl groups is 1. The third-order valence-corrected chi connectivity index (χ3v) is 7.72. The van der Waals surface area contributed by atoms with Crippen LogP contribution in [-0.4, -0.2) is 46.7 Å². The van der Waals surface area contributed by atoms with Gasteiger partial charge in [-0.1, -0.05) is 20.8 Å². The summed E-state index contributed by atoms with van der Waals surface area (Å²) < 4.78 is 17.1. The average Bonchev–Trinajstić information content (AvgIpc) is 3.18. The summed E-state index contributed by atoms with van der Waals surface area (Å²) in [7, 11) is 1.46. The van der Waals surface area contributed by atoms with Gasteiger partial charge in [-0.05, 0) is 55.7 Å². The molecule has 4 rings (SSSR count). The van der Waals surface area contributed by atoms with E-state index in [9.17, 15) is 15.0 Å². The van der Waals surface area contributed by atoms with Gasteiger partial charge in [0, 0.05) is 12.3 Å². The summed E-state index contributed by atoms with van der Waals surface area (Å²) in [5.41, 5.74) is -1.07. The number of rotatable bonds is 4. The largest absolute Gasteiger partial charge is 0.504 e. The summed E-state index contributed by atoms with van der Waals surface area (Å²) in [6, 6.07) is 4.49. The van der Waals surface area contributed by atoms with E-state index in [1.165, 1.54) is 13.2 Å². The molecule has 6 nitrogen and oxygen atoms in total. The van der Waals surface area contributed by atoms with Crippen LogP contribution in [0.25, 0.3) is 0 Å². The standard InChI is InChI=1S/C23H32O6/c1-13(2)23(26)9-8-21(3)12-18-22(4,29-18)11-17(19(21)23)28-20(25)14-6-7-16(27-5)15(24)10-14/h6-7,10,13,17-19,24,26H,8-9,11-12H2,1-5H3/t17-,18-,19+,21+,22+,23-/m1/s1. The van der Waals surface area contributed by atoms with Crippen molar-refractivity contribution in [1.29, 1.82) is 0 Å². The number of benzene rings is 1. The third-order valence-electron chi connectivity index (χ3n) is 7.72. The van der Waals surface area contributed by atoms with Crippen molar-refractivity contribution in [2.24, 2.45) is 17.3 Å². The van der Waals surface area contributed by atoms with Gasteiger partial charge in [0.25, 0.3) is 0 Å². The van der Waals surface area contributed by atoms with E-state index in [2.05, 4.69) is 13.8 Å². The highest BCUT2D eigenvalue weighted by Gasteiger charge is 2.68. The maximum absolute atomic E-state index is 13.0. The molecule has 1 aliphatic heterocycles. The molecule has 3 fully saturated rings. The van der Waals surface area contributed by atoms with Crippen molar-refractivity contribution in [3.8, 4) is 11.5 Å². The van der Waals surface area contributed by atoms with E-state index in [0.29, 0.717) is 18.6 Å². The Labute approximate surface area is 172 Å². The van der Waals surface area contributed by atoms with E-state index in [1.54, 1.807) is 12.1 Å². The molecule has 29 heavy (non-hydrogen) atoms. The van der Waals surface area contributed by atoms with Gasteiger partial charge in [-0.3, -0.25) is 0 Å². The lowest BCUT2D eigenvalue weighted by atomic mass is 9.67. The molecular formula is C23H32O6. The highest BCUT2D eigenvalue weighted by atomic mass is 16.6. The SMILES string of the molecule is COc1ccc(C(=O)O[C@@H]2C[C@]3(C)O[C@@H]3C[C@]3(C)CC[C@@](O)(C(C)C)[C@@H]23)cc1O. The molecular weight excluding hydrogens is 372 g/mol. The van der Waals surface area contributed by atoms with Gasteiger partial charge in [-0.2, -0.15) is 0 Å². The number of hydrogen-bond acceptors (Lipinski definition) is 6. The van der Waals surface area contributed by atoms with E-state index >= 15 is 0 Å². The number of carbonyl (C=O) groups is 1. The first-order valence-corrected chi connectivity index (χ1v) is 10.5. The quantitative estimate of drug-likeness (QED) is 0.588. The van der Waals surface area contributed by atoms with Gasteiger partial charge in [0.2, 0.25) is 0 Å². The van der Waals surface area contributed by atoms with E-state index in [0.717, 1.165) is 12.8 Å². The molecule has 1 aromatic carbocycles. The minimum absolute atomic E-state index is 0.0590. The zero-order valence-electron chi connectivity index (χ0n) is 17.9. The molecule has 0 bridgehead atoms. The summed E-state index contributed by atoms with van der Waals surface area (Å²) in [6.45, 7) is 8.34. The van der Waals surface area contributed by atoms with Gasteiger partial charge in [0.05, 0.1) is 30.0 Å². The molecule has 0 aromatic heterocycles. The number of methoxy groups -OCH3 is 1. The van der Waals surface area contributed by atoms with Gasteiger partial charge < -0.3 is 24.4 Å². The molecule has 1 heterocycles. The van der Waals surface area contributed by atoms with Crippen molar-refractivity contribution in [3.05, 3.63) is 23.8 Å². The number of aliphatic hydroxyl groups is 1. The van der Waals surface area contributed by atoms with Crippen LogP contribution in [-0.2, 0) is 9.47 Å². The number of ether oxygens (including phenoxy) is 3. The molecule has 2 aliphatic carbocycles. The first-order valence-electron chi connectivity index (χ1n) is 10.5. The van der Waals surface area contributed by atoms with Crippen molar-refractivity contribution in [3.63, 3.8) is 0 Å². The lowest BCUT2D eigenvalue weighted by Gasteiger charge is -2.44. The smallest absolute Gasteiger partial charge is 0.338 e. The molecule has 0 amide bonds. The summed E-state index contributed by atoms with van der Waals surface area (Å²) in [5, 5.41) is 21.7. The van der Waals surface area contributed by atoms with Crippen molar-refractivity contribution in [2.45, 2.75) is 76.8 Å². The number of carbonyl (C=O) groups excluding carboxylic acids is 1. The molecule has 1 saturated heterocycles. The zero-order chi connectivity index (χ0) is 21.2. The predicted molar refractivity (Wildman–Crippen MR) is 107 cm³/mol. The average molecular weight is 405 g/mol. The van der Waals surface area contributed by atoms with Gasteiger partial charge in [-0.15, -0.1) is 0 Å². The van der Waals surface area contributed by atoms with Crippen LogP contribution in [0.15, 0.2) is 18.2 Å². The normalized spacial score (nSPS) is 40.7. The third kappa shape index (κ3) is 3.21. The molecule has 0 radical (unpaired) electrons. The molecule has 1 aromatic rings. The van der Waals surface area contributed by atoms with Crippen LogP contribution in [0.4, 0.5) is 0 Å². The van der Waals surface area contributed by atoms with Crippen molar-refractivity contribution < 1.29 is 29.2 Å². The fourth-order valence-corrected chi connectivity index (χ4v) is 5.85. The monoisotopic (exact) mass is 404 g/mol. The second kappa shape index (κ2) is 6.61. The minimum atomic E-state index is -0.880. The number of epoxide rings is 1. The van der Waals surface area contributed by atoms with Crippen molar-refractivity contribution in [2.75, 3.05) is 7.11 Å². The topological polar surface area (TPSA) is 88.5 Å². The van der Waals surface area contributed by atoms with Crippen LogP contribution in [0, 0.1) is 17.3 Å². The molecule has 6 atom stereocenters. The van der Waals surface area contributed by atoms with Gasteiger partial charge in [0.15, 0.2) is 11.5 Å². The Hall–Kier alpha value is -1.79. The van der Waals surface area contributed by atoms with Crippen molar-refractivity contribution >= 4 is 5.97 Å². The first kappa shape index (κ1) is 20.5. The van der Waals surface area contributed by atoms with Gasteiger partial charge >= 0.3 is 5.97 Å². The highest BCUT2D eigenvalue weighted by molar-refractivity contribution is 5.90. The second-order valence-corrected chi connectivity index (χ2v) is 9.94. The Morgan fingerprint density at radius 1 is 1.24 bits per heavy atom. The molecule has 2 saturated carbocycles. The van der Waals surface area contributed by atoms with Gasteiger partial charge in [-0.25, -0.2) is 4.79 Å². The highest BCUT2D eigenvalue weighted by Crippen LogP contribution is 2.63. The molecule has 0 spiro atoms. The second-order valence-electron chi connectivity index (χ2n) is 9.94. The molecule has 160 valence electrons. The summed E-state index contributed by atoms with van der Waals surface area (Å²) in [6.07, 6.45) is 2.73. The Balaban J connectivity index is 1.66. The Bertz CT molecular complexity index is 822. The lowest BCUT2D eigenvalue weighted by Crippen LogP contribution is -2.50. The Morgan fingerprint density at radius 2 is 1.97 bits per heavy atom. The Kier molecular flexibility index (Phi) is 4.67. The van der Waals surface area contributed by atoms with Crippen LogP contribution >= 0.6 is 0 Å². The van der Waals surface area contributed by atoms with Crippen LogP contribution in [0.2, 0.25) is 0 Å². The summed E-state index contributed by atoms with van der Waals surface area (Å²) >= 11 is 0. The molecule has 2 N–H and O–H groups in total.